The van der Waals surface area contributed by atoms with Gasteiger partial charge >= 0.3 is 0 Å². The van der Waals surface area contributed by atoms with Crippen molar-refractivity contribution in [1.82, 2.24) is 0 Å². The van der Waals surface area contributed by atoms with Gasteiger partial charge in [0, 0.05) is 18.3 Å². The second-order valence-electron chi connectivity index (χ2n) is 7.51. The van der Waals surface area contributed by atoms with Crippen LogP contribution in [0.2, 0.25) is 0 Å². The number of carbonyl (C=O) groups is 1. The van der Waals surface area contributed by atoms with Crippen LogP contribution in [0.5, 0.6) is 0 Å². The number of hydrogen-bond acceptors (Lipinski definition) is 2. The van der Waals surface area contributed by atoms with Crippen molar-refractivity contribution >= 4 is 11.9 Å². The zero-order chi connectivity index (χ0) is 15.1. The van der Waals surface area contributed by atoms with E-state index >= 15 is 0 Å². The number of aliphatic hydroxyl groups is 1. The topological polar surface area (TPSA) is 37.3 Å². The molecule has 0 spiro atoms. The van der Waals surface area contributed by atoms with Crippen LogP contribution >= 0.6 is 0 Å². The monoisotopic (exact) mass is 292 g/mol. The van der Waals surface area contributed by atoms with Crippen LogP contribution in [0, 0.1) is 17.8 Å². The summed E-state index contributed by atoms with van der Waals surface area (Å²) < 4.78 is 0. The molecule has 2 nitrogen and oxygen atoms in total. The zero-order valence-electron chi connectivity index (χ0n) is 12.8. The standard InChI is InChI=1S/C20H20O2/c1-11-18(21)8-13-10-20(22)16-7-6-12-4-2-3-5-14(12)15(16)9-17(20)19(11)13/h2-7,13,15-17,22H,8-10H2,1H3/t13-,15+,16-,17+,20-/m0/s1. The lowest BCUT2D eigenvalue weighted by Gasteiger charge is -2.33. The molecule has 1 aromatic rings. The minimum absolute atomic E-state index is 0.176. The van der Waals surface area contributed by atoms with E-state index in [-0.39, 0.29) is 11.8 Å². The molecule has 0 heterocycles. The summed E-state index contributed by atoms with van der Waals surface area (Å²) in [7, 11) is 0. The molecule has 0 aliphatic heterocycles. The third-order valence-corrected chi connectivity index (χ3v) is 6.65. The fourth-order valence-corrected chi connectivity index (χ4v) is 5.77. The van der Waals surface area contributed by atoms with Gasteiger partial charge in [0.25, 0.3) is 0 Å². The summed E-state index contributed by atoms with van der Waals surface area (Å²) in [5, 5.41) is 11.5. The van der Waals surface area contributed by atoms with Crippen LogP contribution in [-0.2, 0) is 4.79 Å². The molecule has 0 saturated heterocycles. The van der Waals surface area contributed by atoms with Crippen LogP contribution in [0.3, 0.4) is 0 Å². The van der Waals surface area contributed by atoms with E-state index in [1.54, 1.807) is 0 Å². The molecule has 0 bridgehead atoms. The zero-order valence-corrected chi connectivity index (χ0v) is 12.8. The molecule has 1 aromatic carbocycles. The first-order valence-electron chi connectivity index (χ1n) is 8.33. The van der Waals surface area contributed by atoms with Crippen molar-refractivity contribution in [2.24, 2.45) is 17.8 Å². The Hall–Kier alpha value is -1.67. The van der Waals surface area contributed by atoms with Gasteiger partial charge in [-0.25, -0.2) is 0 Å². The number of benzene rings is 1. The predicted molar refractivity (Wildman–Crippen MR) is 85.2 cm³/mol. The largest absolute Gasteiger partial charge is 0.389 e. The Balaban J connectivity index is 1.64. The van der Waals surface area contributed by atoms with Crippen molar-refractivity contribution in [2.75, 3.05) is 0 Å². The minimum Gasteiger partial charge on any atom is -0.389 e. The summed E-state index contributed by atoms with van der Waals surface area (Å²) in [5.74, 6) is 1.37. The molecule has 112 valence electrons. The molecular formula is C20H20O2. The fourth-order valence-electron chi connectivity index (χ4n) is 5.77. The first-order chi connectivity index (χ1) is 10.6. The first kappa shape index (κ1) is 12.8. The summed E-state index contributed by atoms with van der Waals surface area (Å²) in [6.07, 6.45) is 6.78. The normalized spacial score (nSPS) is 41.5. The molecule has 1 N–H and O–H groups in total. The molecule has 0 amide bonds. The van der Waals surface area contributed by atoms with Gasteiger partial charge in [-0.2, -0.15) is 0 Å². The second kappa shape index (κ2) is 3.99. The van der Waals surface area contributed by atoms with Crippen molar-refractivity contribution in [3.8, 4) is 0 Å². The number of rotatable bonds is 0. The maximum absolute atomic E-state index is 12.0. The van der Waals surface area contributed by atoms with Gasteiger partial charge < -0.3 is 5.11 Å². The fraction of sp³-hybridized carbons (Fsp3) is 0.450. The molecule has 22 heavy (non-hydrogen) atoms. The van der Waals surface area contributed by atoms with Gasteiger partial charge in [-0.05, 0) is 48.3 Å². The SMILES string of the molecule is CC1=C2[C@@H](CC1=O)C[C@@]1(O)[C@@H]2C[C@@H]2c3ccccc3C=C[C@@H]21. The number of allylic oxidation sites excluding steroid dienone is 1. The predicted octanol–water partition coefficient (Wildman–Crippen LogP) is 3.47. The third kappa shape index (κ3) is 1.37. The van der Waals surface area contributed by atoms with Crippen LogP contribution in [0.15, 0.2) is 41.5 Å². The van der Waals surface area contributed by atoms with Gasteiger partial charge in [-0.3, -0.25) is 4.79 Å². The van der Waals surface area contributed by atoms with Crippen molar-refractivity contribution in [3.63, 3.8) is 0 Å². The Kier molecular flexibility index (Phi) is 2.33. The van der Waals surface area contributed by atoms with Crippen molar-refractivity contribution in [3.05, 3.63) is 52.6 Å². The van der Waals surface area contributed by atoms with E-state index < -0.39 is 5.60 Å². The smallest absolute Gasteiger partial charge is 0.159 e. The van der Waals surface area contributed by atoms with Gasteiger partial charge in [-0.1, -0.05) is 42.0 Å². The minimum atomic E-state index is -0.642. The van der Waals surface area contributed by atoms with E-state index in [0.29, 0.717) is 24.0 Å². The van der Waals surface area contributed by atoms with Crippen molar-refractivity contribution in [1.29, 1.82) is 0 Å². The third-order valence-electron chi connectivity index (χ3n) is 6.65. The highest BCUT2D eigenvalue weighted by molar-refractivity contribution is 5.99. The van der Waals surface area contributed by atoms with E-state index in [0.717, 1.165) is 18.4 Å². The van der Waals surface area contributed by atoms with E-state index in [1.807, 2.05) is 6.92 Å². The molecule has 0 radical (unpaired) electrons. The highest BCUT2D eigenvalue weighted by Gasteiger charge is 2.62. The lowest BCUT2D eigenvalue weighted by molar-refractivity contribution is -0.115. The quantitative estimate of drug-likeness (QED) is 0.795. The second-order valence-corrected chi connectivity index (χ2v) is 7.51. The summed E-state index contributed by atoms with van der Waals surface area (Å²) in [6, 6.07) is 8.54. The van der Waals surface area contributed by atoms with Crippen molar-refractivity contribution < 1.29 is 9.90 Å². The summed E-state index contributed by atoms with van der Waals surface area (Å²) in [6.45, 7) is 1.97. The first-order valence-corrected chi connectivity index (χ1v) is 8.33. The molecule has 2 heteroatoms. The van der Waals surface area contributed by atoms with Gasteiger partial charge in [0.1, 0.15) is 0 Å². The number of fused-ring (bicyclic) bond motifs is 7. The molecule has 2 fully saturated rings. The Morgan fingerprint density at radius 1 is 1.27 bits per heavy atom. The molecule has 5 rings (SSSR count). The number of ketones is 1. The maximum atomic E-state index is 12.0. The summed E-state index contributed by atoms with van der Waals surface area (Å²) in [4.78, 5) is 12.0. The molecular weight excluding hydrogens is 272 g/mol. The lowest BCUT2D eigenvalue weighted by Crippen LogP contribution is -2.37. The Morgan fingerprint density at radius 2 is 2.09 bits per heavy atom. The molecule has 4 aliphatic rings. The van der Waals surface area contributed by atoms with Crippen LogP contribution < -0.4 is 0 Å². The summed E-state index contributed by atoms with van der Waals surface area (Å²) >= 11 is 0. The Bertz CT molecular complexity index is 757. The van der Waals surface area contributed by atoms with Gasteiger partial charge in [0.2, 0.25) is 0 Å². The lowest BCUT2D eigenvalue weighted by atomic mass is 9.75. The average molecular weight is 292 g/mol. The van der Waals surface area contributed by atoms with Gasteiger partial charge in [0.05, 0.1) is 5.60 Å². The highest BCUT2D eigenvalue weighted by atomic mass is 16.3. The van der Waals surface area contributed by atoms with Crippen LogP contribution in [-0.4, -0.2) is 16.5 Å². The summed E-state index contributed by atoms with van der Waals surface area (Å²) in [5.41, 5.74) is 4.25. The molecule has 0 aromatic heterocycles. The van der Waals surface area contributed by atoms with Gasteiger partial charge in [-0.15, -0.1) is 0 Å². The number of hydrogen-bond donors (Lipinski definition) is 1. The van der Waals surface area contributed by atoms with Crippen molar-refractivity contribution in [2.45, 2.75) is 37.7 Å². The average Bonchev–Trinajstić information content (AvgIpc) is 3.04. The molecule has 2 saturated carbocycles. The van der Waals surface area contributed by atoms with E-state index in [9.17, 15) is 9.90 Å². The van der Waals surface area contributed by atoms with E-state index in [1.165, 1.54) is 16.7 Å². The van der Waals surface area contributed by atoms with E-state index in [2.05, 4.69) is 36.4 Å². The van der Waals surface area contributed by atoms with Crippen LogP contribution in [0.25, 0.3) is 6.08 Å². The number of Topliss-reactive ketones (excluding diaryl/α,β-unsaturated/α-hetero) is 1. The maximum Gasteiger partial charge on any atom is 0.159 e. The van der Waals surface area contributed by atoms with Crippen LogP contribution in [0.4, 0.5) is 0 Å². The Morgan fingerprint density at radius 3 is 2.95 bits per heavy atom. The number of carbonyl (C=O) groups excluding carboxylic acids is 1. The highest BCUT2D eigenvalue weighted by Crippen LogP contribution is 2.64. The Labute approximate surface area is 130 Å². The van der Waals surface area contributed by atoms with Gasteiger partial charge in [0.15, 0.2) is 5.78 Å². The van der Waals surface area contributed by atoms with E-state index in [4.69, 9.17) is 0 Å². The molecule has 5 atom stereocenters. The van der Waals surface area contributed by atoms with Crippen LogP contribution in [0.1, 0.15) is 43.2 Å². The molecule has 0 unspecified atom stereocenters. The molecule has 4 aliphatic carbocycles.